The number of hydrogen-bond acceptors (Lipinski definition) is 6. The number of nitrogens with zero attached hydrogens (tertiary/aromatic N) is 2. The van der Waals surface area contributed by atoms with Crippen LogP contribution < -0.4 is 20.5 Å². The largest absolute Gasteiger partial charge is 0.493 e. The highest BCUT2D eigenvalue weighted by atomic mass is 16.5. The van der Waals surface area contributed by atoms with Crippen LogP contribution in [0, 0.1) is 0 Å². The smallest absolute Gasteiger partial charge is 0.224 e. The van der Waals surface area contributed by atoms with Gasteiger partial charge < -0.3 is 20.5 Å². The second-order valence-corrected chi connectivity index (χ2v) is 7.18. The highest BCUT2D eigenvalue weighted by molar-refractivity contribution is 5.52. The van der Waals surface area contributed by atoms with Gasteiger partial charge in [0.15, 0.2) is 11.5 Å². The van der Waals surface area contributed by atoms with Crippen molar-refractivity contribution < 1.29 is 9.47 Å². The molecule has 1 aromatic heterocycles. The van der Waals surface area contributed by atoms with E-state index in [2.05, 4.69) is 41.3 Å². The van der Waals surface area contributed by atoms with Crippen LogP contribution in [0.1, 0.15) is 42.0 Å². The van der Waals surface area contributed by atoms with Crippen LogP contribution in [0.3, 0.4) is 0 Å². The Morgan fingerprint density at radius 1 is 1.00 bits per heavy atom. The molecule has 0 aliphatic carbocycles. The summed E-state index contributed by atoms with van der Waals surface area (Å²) in [6.45, 7) is 4.95. The highest BCUT2D eigenvalue weighted by Gasteiger charge is 2.16. The van der Waals surface area contributed by atoms with Crippen molar-refractivity contribution in [3.63, 3.8) is 0 Å². The summed E-state index contributed by atoms with van der Waals surface area (Å²) in [5, 5.41) is 3.22. The summed E-state index contributed by atoms with van der Waals surface area (Å²) in [5.41, 5.74) is 10.6. The molecule has 0 spiro atoms. The zero-order valence-corrected chi connectivity index (χ0v) is 17.4. The second-order valence-electron chi connectivity index (χ2n) is 7.18. The molecule has 0 saturated carbocycles. The molecule has 3 aromatic rings. The topological polar surface area (TPSA) is 82.3 Å². The Morgan fingerprint density at radius 3 is 2.31 bits per heavy atom. The molecule has 0 aliphatic heterocycles. The van der Waals surface area contributed by atoms with E-state index in [4.69, 9.17) is 15.2 Å². The Labute approximate surface area is 172 Å². The number of hydrogen-bond donors (Lipinski definition) is 2. The molecule has 0 atom stereocenters. The van der Waals surface area contributed by atoms with Crippen molar-refractivity contribution in [2.45, 2.75) is 32.7 Å². The highest BCUT2D eigenvalue weighted by Crippen LogP contribution is 2.35. The molecular formula is C23H28N4O2. The maximum Gasteiger partial charge on any atom is 0.224 e. The lowest BCUT2D eigenvalue weighted by Gasteiger charge is -2.18. The first-order valence-electron chi connectivity index (χ1n) is 9.65. The Bertz CT molecular complexity index is 959. The van der Waals surface area contributed by atoms with Gasteiger partial charge in [-0.25, -0.2) is 4.98 Å². The SMILES string of the molecule is COc1cc(Cc2cnc(NCc3ccccc3)nc2N)c(C(C)C)cc1OC. The summed E-state index contributed by atoms with van der Waals surface area (Å²) in [6.07, 6.45) is 2.41. The molecule has 152 valence electrons. The van der Waals surface area contributed by atoms with Gasteiger partial charge in [-0.15, -0.1) is 0 Å². The molecule has 0 radical (unpaired) electrons. The van der Waals surface area contributed by atoms with Crippen molar-refractivity contribution in [3.8, 4) is 11.5 Å². The van der Waals surface area contributed by atoms with Gasteiger partial charge in [-0.05, 0) is 34.7 Å². The Kier molecular flexibility index (Phi) is 6.54. The fourth-order valence-corrected chi connectivity index (χ4v) is 3.25. The molecule has 0 fully saturated rings. The third-order valence-electron chi connectivity index (χ3n) is 4.84. The Morgan fingerprint density at radius 2 is 1.69 bits per heavy atom. The van der Waals surface area contributed by atoms with Crippen LogP contribution in [0.25, 0.3) is 0 Å². The van der Waals surface area contributed by atoms with Gasteiger partial charge in [-0.2, -0.15) is 4.98 Å². The van der Waals surface area contributed by atoms with E-state index < -0.39 is 0 Å². The van der Waals surface area contributed by atoms with Crippen molar-refractivity contribution >= 4 is 11.8 Å². The van der Waals surface area contributed by atoms with E-state index in [0.29, 0.717) is 36.4 Å². The lowest BCUT2D eigenvalue weighted by Crippen LogP contribution is -2.08. The third kappa shape index (κ3) is 4.96. The summed E-state index contributed by atoms with van der Waals surface area (Å²) < 4.78 is 10.9. The van der Waals surface area contributed by atoms with Crippen molar-refractivity contribution in [2.24, 2.45) is 0 Å². The van der Waals surface area contributed by atoms with Gasteiger partial charge >= 0.3 is 0 Å². The van der Waals surface area contributed by atoms with Gasteiger partial charge in [0.05, 0.1) is 14.2 Å². The number of aromatic nitrogens is 2. The maximum absolute atomic E-state index is 6.24. The predicted molar refractivity (Wildman–Crippen MR) is 117 cm³/mol. The van der Waals surface area contributed by atoms with E-state index in [0.717, 1.165) is 22.4 Å². The molecular weight excluding hydrogens is 364 g/mol. The van der Waals surface area contributed by atoms with E-state index >= 15 is 0 Å². The number of nitrogens with one attached hydrogen (secondary N) is 1. The molecule has 29 heavy (non-hydrogen) atoms. The van der Waals surface area contributed by atoms with Crippen molar-refractivity contribution in [2.75, 3.05) is 25.3 Å². The molecule has 0 amide bonds. The van der Waals surface area contributed by atoms with E-state index in [1.807, 2.05) is 30.3 Å². The molecule has 3 N–H and O–H groups in total. The van der Waals surface area contributed by atoms with Crippen molar-refractivity contribution in [1.82, 2.24) is 9.97 Å². The molecule has 0 bridgehead atoms. The normalized spacial score (nSPS) is 10.8. The molecule has 3 rings (SSSR count). The second kappa shape index (κ2) is 9.28. The minimum absolute atomic E-state index is 0.332. The summed E-state index contributed by atoms with van der Waals surface area (Å²) >= 11 is 0. The van der Waals surface area contributed by atoms with Crippen molar-refractivity contribution in [1.29, 1.82) is 0 Å². The van der Waals surface area contributed by atoms with Crippen LogP contribution in [0.2, 0.25) is 0 Å². The number of benzene rings is 2. The van der Waals surface area contributed by atoms with Gasteiger partial charge in [0.25, 0.3) is 0 Å². The quantitative estimate of drug-likeness (QED) is 0.591. The minimum Gasteiger partial charge on any atom is -0.493 e. The summed E-state index contributed by atoms with van der Waals surface area (Å²) in [5.74, 6) is 2.75. The minimum atomic E-state index is 0.332. The lowest BCUT2D eigenvalue weighted by atomic mass is 9.92. The van der Waals surface area contributed by atoms with Gasteiger partial charge in [0, 0.05) is 24.7 Å². The number of nitrogens with two attached hydrogens (primary N) is 1. The van der Waals surface area contributed by atoms with Gasteiger partial charge in [-0.1, -0.05) is 44.2 Å². The monoisotopic (exact) mass is 392 g/mol. The zero-order valence-electron chi connectivity index (χ0n) is 17.4. The molecule has 2 aromatic carbocycles. The first-order valence-corrected chi connectivity index (χ1v) is 9.65. The van der Waals surface area contributed by atoms with Crippen LogP contribution in [0.15, 0.2) is 48.7 Å². The van der Waals surface area contributed by atoms with Crippen LogP contribution >= 0.6 is 0 Å². The summed E-state index contributed by atoms with van der Waals surface area (Å²) in [4.78, 5) is 8.88. The molecule has 6 nitrogen and oxygen atoms in total. The number of ether oxygens (including phenoxy) is 2. The van der Waals surface area contributed by atoms with Crippen molar-refractivity contribution in [3.05, 3.63) is 70.9 Å². The third-order valence-corrected chi connectivity index (χ3v) is 4.84. The van der Waals surface area contributed by atoms with Crippen LogP contribution in [-0.4, -0.2) is 24.2 Å². The van der Waals surface area contributed by atoms with Gasteiger partial charge in [0.2, 0.25) is 5.95 Å². The molecule has 6 heteroatoms. The Hall–Kier alpha value is -3.28. The average Bonchev–Trinajstić information content (AvgIpc) is 2.74. The molecule has 0 aliphatic rings. The summed E-state index contributed by atoms with van der Waals surface area (Å²) in [7, 11) is 3.29. The van der Waals surface area contributed by atoms with E-state index in [-0.39, 0.29) is 0 Å². The number of methoxy groups -OCH3 is 2. The number of anilines is 2. The first-order chi connectivity index (χ1) is 14.0. The van der Waals surface area contributed by atoms with E-state index in [1.165, 1.54) is 5.56 Å². The van der Waals surface area contributed by atoms with E-state index in [9.17, 15) is 0 Å². The standard InChI is InChI=1S/C23H28N4O2/c1-15(2)19-12-21(29-4)20(28-3)11-17(19)10-18-14-26-23(27-22(18)24)25-13-16-8-6-5-7-9-16/h5-9,11-12,14-15H,10,13H2,1-4H3,(H3,24,25,26,27). The fourth-order valence-electron chi connectivity index (χ4n) is 3.25. The van der Waals surface area contributed by atoms with Gasteiger partial charge in [-0.3, -0.25) is 0 Å². The predicted octanol–water partition coefficient (Wildman–Crippen LogP) is 4.40. The number of rotatable bonds is 8. The van der Waals surface area contributed by atoms with Crippen LogP contribution in [-0.2, 0) is 13.0 Å². The van der Waals surface area contributed by atoms with Crippen LogP contribution in [0.5, 0.6) is 11.5 Å². The average molecular weight is 393 g/mol. The van der Waals surface area contributed by atoms with Gasteiger partial charge in [0.1, 0.15) is 5.82 Å². The molecule has 0 unspecified atom stereocenters. The van der Waals surface area contributed by atoms with Crippen LogP contribution in [0.4, 0.5) is 11.8 Å². The molecule has 0 saturated heterocycles. The number of nitrogen functional groups attached to an aromatic ring is 1. The molecule has 1 heterocycles. The Balaban J connectivity index is 1.81. The van der Waals surface area contributed by atoms with E-state index in [1.54, 1.807) is 20.4 Å². The maximum atomic E-state index is 6.24. The first kappa shape index (κ1) is 20.5. The summed E-state index contributed by atoms with van der Waals surface area (Å²) in [6, 6.07) is 14.1. The fraction of sp³-hybridized carbons (Fsp3) is 0.304. The zero-order chi connectivity index (χ0) is 20.8. The lowest BCUT2D eigenvalue weighted by molar-refractivity contribution is 0.354.